The molecule has 1 saturated heterocycles. The Labute approximate surface area is 91.9 Å². The first kappa shape index (κ1) is 12.3. The van der Waals surface area contributed by atoms with Gasteiger partial charge in [-0.1, -0.05) is 0 Å². The third kappa shape index (κ3) is 2.85. The zero-order chi connectivity index (χ0) is 12.1. The van der Waals surface area contributed by atoms with Gasteiger partial charge < -0.3 is 14.6 Å². The quantitative estimate of drug-likeness (QED) is 0.661. The van der Waals surface area contributed by atoms with Gasteiger partial charge >= 0.3 is 18.0 Å². The molecule has 1 aliphatic rings. The molecule has 1 unspecified atom stereocenters. The van der Waals surface area contributed by atoms with E-state index in [9.17, 15) is 14.4 Å². The van der Waals surface area contributed by atoms with Crippen LogP contribution in [0.1, 0.15) is 12.8 Å². The molecule has 16 heavy (non-hydrogen) atoms. The van der Waals surface area contributed by atoms with Crippen molar-refractivity contribution >= 4 is 18.0 Å². The number of cyclic esters (lactones) is 1. The smallest absolute Gasteiger partial charge is 0.410 e. The summed E-state index contributed by atoms with van der Waals surface area (Å²) in [5, 5.41) is 8.94. The Hall–Kier alpha value is -1.79. The topological polar surface area (TPSA) is 93.1 Å². The van der Waals surface area contributed by atoms with Crippen molar-refractivity contribution in [2.75, 3.05) is 20.3 Å². The highest BCUT2D eigenvalue weighted by molar-refractivity contribution is 5.81. The van der Waals surface area contributed by atoms with Gasteiger partial charge in [-0.3, -0.25) is 9.69 Å². The van der Waals surface area contributed by atoms with Crippen molar-refractivity contribution < 1.29 is 29.0 Å². The van der Waals surface area contributed by atoms with Crippen LogP contribution < -0.4 is 0 Å². The molecule has 7 nitrogen and oxygen atoms in total. The van der Waals surface area contributed by atoms with Crippen molar-refractivity contribution in [1.82, 2.24) is 4.90 Å². The van der Waals surface area contributed by atoms with E-state index in [2.05, 4.69) is 9.47 Å². The maximum atomic E-state index is 11.2. The summed E-state index contributed by atoms with van der Waals surface area (Å²) < 4.78 is 9.04. The number of hydrogen-bond donors (Lipinski definition) is 1. The van der Waals surface area contributed by atoms with Crippen LogP contribution in [0.2, 0.25) is 0 Å². The molecule has 1 rings (SSSR count). The molecular formula is C9H13NO6. The molecule has 0 saturated carbocycles. The van der Waals surface area contributed by atoms with Crippen LogP contribution in [0.5, 0.6) is 0 Å². The minimum absolute atomic E-state index is 0.0249. The van der Waals surface area contributed by atoms with E-state index >= 15 is 0 Å². The first-order chi connectivity index (χ1) is 7.56. The molecule has 1 N–H and O–H groups in total. The molecule has 1 atom stereocenters. The zero-order valence-electron chi connectivity index (χ0n) is 8.84. The van der Waals surface area contributed by atoms with E-state index in [4.69, 9.17) is 5.11 Å². The number of rotatable bonds is 5. The van der Waals surface area contributed by atoms with Gasteiger partial charge in [0.05, 0.1) is 13.7 Å². The molecule has 0 radical (unpaired) electrons. The molecule has 90 valence electrons. The second-order valence-corrected chi connectivity index (χ2v) is 3.28. The highest BCUT2D eigenvalue weighted by Crippen LogP contribution is 2.14. The Kier molecular flexibility index (Phi) is 4.10. The van der Waals surface area contributed by atoms with Crippen LogP contribution in [0.4, 0.5) is 4.79 Å². The number of methoxy groups -OCH3 is 1. The minimum Gasteiger partial charge on any atom is -0.480 e. The number of carboxylic acid groups (broad SMARTS) is 1. The predicted molar refractivity (Wildman–Crippen MR) is 50.7 cm³/mol. The summed E-state index contributed by atoms with van der Waals surface area (Å²) in [6.45, 7) is 0.414. The second kappa shape index (κ2) is 5.34. The van der Waals surface area contributed by atoms with Gasteiger partial charge in [0.2, 0.25) is 0 Å². The maximum absolute atomic E-state index is 11.2. The summed E-state index contributed by atoms with van der Waals surface area (Å²) in [6.07, 6.45) is -0.675. The normalized spacial score (nSPS) is 16.8. The van der Waals surface area contributed by atoms with Gasteiger partial charge in [-0.2, -0.15) is 0 Å². The Balaban J connectivity index is 2.57. The molecule has 0 aromatic rings. The molecule has 0 aromatic heterocycles. The fourth-order valence-corrected chi connectivity index (χ4v) is 1.46. The fraction of sp³-hybridized carbons (Fsp3) is 0.667. The van der Waals surface area contributed by atoms with Crippen LogP contribution in [-0.2, 0) is 19.1 Å². The van der Waals surface area contributed by atoms with E-state index in [0.29, 0.717) is 0 Å². The molecule has 1 fully saturated rings. The van der Waals surface area contributed by atoms with Gasteiger partial charge in [-0.15, -0.1) is 0 Å². The summed E-state index contributed by atoms with van der Waals surface area (Å²) in [5.41, 5.74) is 0. The van der Waals surface area contributed by atoms with E-state index in [-0.39, 0.29) is 26.0 Å². The maximum Gasteiger partial charge on any atom is 0.410 e. The molecule has 1 heterocycles. The molecular weight excluding hydrogens is 218 g/mol. The molecule has 1 amide bonds. The Morgan fingerprint density at radius 2 is 2.31 bits per heavy atom. The van der Waals surface area contributed by atoms with E-state index in [0.717, 1.165) is 4.90 Å². The Bertz CT molecular complexity index is 302. The molecule has 0 spiro atoms. The lowest BCUT2D eigenvalue weighted by atomic mass is 10.1. The van der Waals surface area contributed by atoms with Crippen LogP contribution in [0.3, 0.4) is 0 Å². The van der Waals surface area contributed by atoms with Crippen LogP contribution >= 0.6 is 0 Å². The average molecular weight is 231 g/mol. The highest BCUT2D eigenvalue weighted by Gasteiger charge is 2.34. The number of carbonyl (C=O) groups excluding carboxylic acids is 2. The summed E-state index contributed by atoms with van der Waals surface area (Å²) in [6, 6.07) is -1.03. The predicted octanol–water partition coefficient (Wildman–Crippen LogP) is -0.155. The van der Waals surface area contributed by atoms with Crippen molar-refractivity contribution in [3.05, 3.63) is 0 Å². The number of hydrogen-bond acceptors (Lipinski definition) is 5. The van der Waals surface area contributed by atoms with E-state index in [1.165, 1.54) is 7.11 Å². The number of carboxylic acids is 1. The van der Waals surface area contributed by atoms with Crippen molar-refractivity contribution in [1.29, 1.82) is 0 Å². The summed E-state index contributed by atoms with van der Waals surface area (Å²) >= 11 is 0. The monoisotopic (exact) mass is 231 g/mol. The third-order valence-electron chi connectivity index (χ3n) is 2.30. The van der Waals surface area contributed by atoms with Crippen LogP contribution in [0.25, 0.3) is 0 Å². The van der Waals surface area contributed by atoms with Crippen molar-refractivity contribution in [2.45, 2.75) is 18.9 Å². The SMILES string of the molecule is COC(=O)CCC(C(=O)O)N1CCOC1=O. The molecule has 1 aliphatic heterocycles. The number of esters is 1. The number of nitrogens with zero attached hydrogens (tertiary/aromatic N) is 1. The van der Waals surface area contributed by atoms with E-state index in [1.807, 2.05) is 0 Å². The standard InChI is InChI=1S/C9H13NO6/c1-15-7(11)3-2-6(8(12)13)10-4-5-16-9(10)14/h6H,2-5H2,1H3,(H,12,13). The number of carbonyl (C=O) groups is 3. The Morgan fingerprint density at radius 1 is 1.62 bits per heavy atom. The fourth-order valence-electron chi connectivity index (χ4n) is 1.46. The van der Waals surface area contributed by atoms with Gasteiger partial charge in [0.25, 0.3) is 0 Å². The van der Waals surface area contributed by atoms with Crippen LogP contribution in [0, 0.1) is 0 Å². The molecule has 0 bridgehead atoms. The first-order valence-corrected chi connectivity index (χ1v) is 4.79. The third-order valence-corrected chi connectivity index (χ3v) is 2.30. The molecule has 0 aliphatic carbocycles. The lowest BCUT2D eigenvalue weighted by Crippen LogP contribution is -2.42. The zero-order valence-corrected chi connectivity index (χ0v) is 8.84. The summed E-state index contributed by atoms with van der Waals surface area (Å²) in [5.74, 6) is -1.65. The van der Waals surface area contributed by atoms with Gasteiger partial charge in [0.15, 0.2) is 0 Å². The lowest BCUT2D eigenvalue weighted by Gasteiger charge is -2.20. The lowest BCUT2D eigenvalue weighted by molar-refractivity contribution is -0.144. The number of ether oxygens (including phenoxy) is 2. The summed E-state index contributed by atoms with van der Waals surface area (Å²) in [4.78, 5) is 34.1. The van der Waals surface area contributed by atoms with Crippen molar-refractivity contribution in [3.63, 3.8) is 0 Å². The van der Waals surface area contributed by atoms with Crippen molar-refractivity contribution in [3.8, 4) is 0 Å². The minimum atomic E-state index is -1.15. The van der Waals surface area contributed by atoms with E-state index < -0.39 is 24.1 Å². The second-order valence-electron chi connectivity index (χ2n) is 3.28. The van der Waals surface area contributed by atoms with E-state index in [1.54, 1.807) is 0 Å². The van der Waals surface area contributed by atoms with Gasteiger partial charge in [0, 0.05) is 6.42 Å². The largest absolute Gasteiger partial charge is 0.480 e. The van der Waals surface area contributed by atoms with Gasteiger partial charge in [-0.05, 0) is 6.42 Å². The van der Waals surface area contributed by atoms with Gasteiger partial charge in [-0.25, -0.2) is 9.59 Å². The number of aliphatic carboxylic acids is 1. The first-order valence-electron chi connectivity index (χ1n) is 4.79. The molecule has 7 heteroatoms. The highest BCUT2D eigenvalue weighted by atomic mass is 16.6. The van der Waals surface area contributed by atoms with Crippen molar-refractivity contribution in [2.24, 2.45) is 0 Å². The Morgan fingerprint density at radius 3 is 2.75 bits per heavy atom. The summed E-state index contributed by atoms with van der Waals surface area (Å²) in [7, 11) is 1.22. The van der Waals surface area contributed by atoms with Crippen LogP contribution in [-0.4, -0.2) is 54.3 Å². The number of amides is 1. The van der Waals surface area contributed by atoms with Gasteiger partial charge in [0.1, 0.15) is 12.6 Å². The van der Waals surface area contributed by atoms with Crippen LogP contribution in [0.15, 0.2) is 0 Å². The molecule has 0 aromatic carbocycles. The average Bonchev–Trinajstić information content (AvgIpc) is 2.64.